The number of fused-ring (bicyclic) bond motifs is 1. The highest BCUT2D eigenvalue weighted by atomic mass is 32.1. The SMILES string of the molecule is COc1cc(C2C(C(=O)Nc3ccccc3)=C(C)Nc3nc(-c4cccs4)nn32)ccc1OCc1ccccc1. The Balaban J connectivity index is 1.39. The molecule has 3 heterocycles. The van der Waals surface area contributed by atoms with E-state index in [2.05, 4.69) is 10.6 Å². The van der Waals surface area contributed by atoms with E-state index < -0.39 is 6.04 Å². The van der Waals surface area contributed by atoms with Crippen molar-refractivity contribution in [3.63, 3.8) is 0 Å². The van der Waals surface area contributed by atoms with Crippen molar-refractivity contribution in [3.8, 4) is 22.2 Å². The molecule has 200 valence electrons. The molecule has 1 atom stereocenters. The van der Waals surface area contributed by atoms with Gasteiger partial charge in [-0.05, 0) is 53.8 Å². The Morgan fingerprint density at radius 2 is 1.77 bits per heavy atom. The van der Waals surface area contributed by atoms with Crippen LogP contribution in [0.1, 0.15) is 24.1 Å². The molecular weight excluding hydrogens is 522 g/mol. The molecule has 1 amide bonds. The third-order valence-electron chi connectivity index (χ3n) is 6.61. The van der Waals surface area contributed by atoms with Crippen LogP contribution in [-0.2, 0) is 11.4 Å². The number of thiophene rings is 1. The van der Waals surface area contributed by atoms with Gasteiger partial charge in [0.2, 0.25) is 5.95 Å². The number of amides is 1. The van der Waals surface area contributed by atoms with Crippen molar-refractivity contribution >= 4 is 28.9 Å². The third kappa shape index (κ3) is 5.06. The Hall–Kier alpha value is -4.89. The summed E-state index contributed by atoms with van der Waals surface area (Å²) in [4.78, 5) is 19.5. The van der Waals surface area contributed by atoms with Crippen LogP contribution in [0.15, 0.2) is 108 Å². The van der Waals surface area contributed by atoms with Gasteiger partial charge in [-0.3, -0.25) is 4.79 Å². The van der Waals surface area contributed by atoms with Crippen molar-refractivity contribution in [1.29, 1.82) is 0 Å². The number of ether oxygens (including phenoxy) is 2. The van der Waals surface area contributed by atoms with Gasteiger partial charge < -0.3 is 20.1 Å². The summed E-state index contributed by atoms with van der Waals surface area (Å²) in [6.45, 7) is 2.29. The molecule has 8 nitrogen and oxygen atoms in total. The van der Waals surface area contributed by atoms with Gasteiger partial charge in [0.15, 0.2) is 17.3 Å². The van der Waals surface area contributed by atoms with Crippen LogP contribution >= 0.6 is 11.3 Å². The Morgan fingerprint density at radius 3 is 2.50 bits per heavy atom. The normalized spacial score (nSPS) is 14.3. The van der Waals surface area contributed by atoms with Crippen LogP contribution in [0.4, 0.5) is 11.6 Å². The highest BCUT2D eigenvalue weighted by molar-refractivity contribution is 7.13. The van der Waals surface area contributed by atoms with Crippen molar-refractivity contribution < 1.29 is 14.3 Å². The molecule has 9 heteroatoms. The zero-order valence-corrected chi connectivity index (χ0v) is 22.8. The minimum Gasteiger partial charge on any atom is -0.493 e. The lowest BCUT2D eigenvalue weighted by atomic mass is 9.94. The molecule has 40 heavy (non-hydrogen) atoms. The molecule has 0 radical (unpaired) electrons. The monoisotopic (exact) mass is 549 g/mol. The second-order valence-electron chi connectivity index (χ2n) is 9.25. The fraction of sp³-hybridized carbons (Fsp3) is 0.129. The summed E-state index contributed by atoms with van der Waals surface area (Å²) < 4.78 is 13.6. The molecule has 1 unspecified atom stereocenters. The van der Waals surface area contributed by atoms with E-state index in [0.717, 1.165) is 16.0 Å². The molecule has 2 aromatic heterocycles. The Morgan fingerprint density at radius 1 is 1.00 bits per heavy atom. The number of nitrogens with zero attached hydrogens (tertiary/aromatic N) is 3. The maximum Gasteiger partial charge on any atom is 0.255 e. The molecule has 0 bridgehead atoms. The van der Waals surface area contributed by atoms with Gasteiger partial charge in [-0.15, -0.1) is 16.4 Å². The number of hydrogen-bond acceptors (Lipinski definition) is 7. The van der Waals surface area contributed by atoms with Crippen molar-refractivity contribution in [2.24, 2.45) is 0 Å². The standard InChI is InChI=1S/C31H27N5O3S/c1-20-27(30(37)33-23-12-7-4-8-13-23)28(36-31(32-20)34-29(35-36)26-14-9-17-40-26)22-15-16-24(25(18-22)38-2)39-19-21-10-5-3-6-11-21/h3-18,28H,19H2,1-2H3,(H,33,37)(H,32,34,35). The van der Waals surface area contributed by atoms with Crippen LogP contribution in [-0.4, -0.2) is 27.8 Å². The fourth-order valence-electron chi connectivity index (χ4n) is 4.69. The Labute approximate surface area is 235 Å². The summed E-state index contributed by atoms with van der Waals surface area (Å²) in [7, 11) is 1.61. The van der Waals surface area contributed by atoms with E-state index >= 15 is 0 Å². The van der Waals surface area contributed by atoms with Crippen LogP contribution in [0, 0.1) is 0 Å². The fourth-order valence-corrected chi connectivity index (χ4v) is 5.34. The van der Waals surface area contributed by atoms with E-state index in [1.54, 1.807) is 23.1 Å². The number of carbonyl (C=O) groups excluding carboxylic acids is 1. The topological polar surface area (TPSA) is 90.3 Å². The van der Waals surface area contributed by atoms with Crippen LogP contribution in [0.25, 0.3) is 10.7 Å². The van der Waals surface area contributed by atoms with Gasteiger partial charge in [0.1, 0.15) is 12.6 Å². The summed E-state index contributed by atoms with van der Waals surface area (Å²) in [6, 6.07) is 28.4. The largest absolute Gasteiger partial charge is 0.493 e. The summed E-state index contributed by atoms with van der Waals surface area (Å²) in [5, 5.41) is 13.2. The number of allylic oxidation sites excluding steroid dienone is 1. The molecule has 1 aliphatic heterocycles. The van der Waals surface area contributed by atoms with Gasteiger partial charge >= 0.3 is 0 Å². The number of rotatable bonds is 8. The van der Waals surface area contributed by atoms with E-state index in [9.17, 15) is 4.79 Å². The van der Waals surface area contributed by atoms with Crippen molar-refractivity contribution in [1.82, 2.24) is 14.8 Å². The highest BCUT2D eigenvalue weighted by Gasteiger charge is 2.35. The number of para-hydroxylation sites is 1. The smallest absolute Gasteiger partial charge is 0.255 e. The molecule has 6 rings (SSSR count). The molecule has 5 aromatic rings. The Kier molecular flexibility index (Phi) is 7.03. The Bertz CT molecular complexity index is 1660. The minimum atomic E-state index is -0.557. The van der Waals surface area contributed by atoms with E-state index in [4.69, 9.17) is 19.6 Å². The minimum absolute atomic E-state index is 0.233. The first-order valence-electron chi connectivity index (χ1n) is 12.8. The molecule has 3 aromatic carbocycles. The van der Waals surface area contributed by atoms with E-state index in [1.807, 2.05) is 103 Å². The maximum atomic E-state index is 13.8. The molecule has 2 N–H and O–H groups in total. The number of methoxy groups -OCH3 is 1. The number of aromatic nitrogens is 3. The van der Waals surface area contributed by atoms with Crippen LogP contribution < -0.4 is 20.1 Å². The predicted octanol–water partition coefficient (Wildman–Crippen LogP) is 6.52. The van der Waals surface area contributed by atoms with Gasteiger partial charge in [-0.2, -0.15) is 4.98 Å². The number of anilines is 2. The van der Waals surface area contributed by atoms with Gasteiger partial charge in [0.05, 0.1) is 17.6 Å². The van der Waals surface area contributed by atoms with Crippen molar-refractivity contribution in [2.75, 3.05) is 17.7 Å². The summed E-state index contributed by atoms with van der Waals surface area (Å²) in [6.07, 6.45) is 0. The molecule has 0 saturated carbocycles. The molecular formula is C31H27N5O3S. The third-order valence-corrected chi connectivity index (χ3v) is 7.48. The zero-order valence-electron chi connectivity index (χ0n) is 22.0. The predicted molar refractivity (Wildman–Crippen MR) is 157 cm³/mol. The number of carbonyl (C=O) groups is 1. The quantitative estimate of drug-likeness (QED) is 0.229. The molecule has 0 aliphatic carbocycles. The van der Waals surface area contributed by atoms with E-state index in [1.165, 1.54) is 0 Å². The van der Waals surface area contributed by atoms with Crippen LogP contribution in [0.3, 0.4) is 0 Å². The second-order valence-corrected chi connectivity index (χ2v) is 10.2. The highest BCUT2D eigenvalue weighted by Crippen LogP contribution is 2.40. The molecule has 0 spiro atoms. The van der Waals surface area contributed by atoms with Gasteiger partial charge in [0, 0.05) is 11.4 Å². The van der Waals surface area contributed by atoms with Crippen LogP contribution in [0.2, 0.25) is 0 Å². The van der Waals surface area contributed by atoms with Crippen LogP contribution in [0.5, 0.6) is 11.5 Å². The first-order valence-corrected chi connectivity index (χ1v) is 13.7. The van der Waals surface area contributed by atoms with E-state index in [0.29, 0.717) is 46.8 Å². The van der Waals surface area contributed by atoms with Crippen molar-refractivity contribution in [3.05, 3.63) is 119 Å². The van der Waals surface area contributed by atoms with Gasteiger partial charge in [-0.25, -0.2) is 4.68 Å². The number of nitrogens with one attached hydrogen (secondary N) is 2. The summed E-state index contributed by atoms with van der Waals surface area (Å²) >= 11 is 1.56. The zero-order chi connectivity index (χ0) is 27.5. The number of hydrogen-bond donors (Lipinski definition) is 2. The lowest BCUT2D eigenvalue weighted by Crippen LogP contribution is -2.31. The molecule has 0 fully saturated rings. The lowest BCUT2D eigenvalue weighted by Gasteiger charge is -2.29. The van der Waals surface area contributed by atoms with E-state index in [-0.39, 0.29) is 5.91 Å². The first kappa shape index (κ1) is 25.4. The number of benzene rings is 3. The first-order chi connectivity index (χ1) is 19.6. The molecule has 1 aliphatic rings. The van der Waals surface area contributed by atoms with Gasteiger partial charge in [0.25, 0.3) is 5.91 Å². The summed E-state index contributed by atoms with van der Waals surface area (Å²) in [5.74, 6) is 2.09. The van der Waals surface area contributed by atoms with Crippen molar-refractivity contribution in [2.45, 2.75) is 19.6 Å². The average Bonchev–Trinajstić information content (AvgIpc) is 3.67. The average molecular weight is 550 g/mol. The van der Waals surface area contributed by atoms with Gasteiger partial charge in [-0.1, -0.05) is 60.7 Å². The maximum absolute atomic E-state index is 13.8. The lowest BCUT2D eigenvalue weighted by molar-refractivity contribution is -0.113. The summed E-state index contributed by atoms with van der Waals surface area (Å²) in [5.41, 5.74) is 3.79. The second kappa shape index (κ2) is 11.1. The molecule has 0 saturated heterocycles.